The van der Waals surface area contributed by atoms with E-state index in [1.807, 2.05) is 32.9 Å². The minimum Gasteiger partial charge on any atom is -0.460 e. The molecule has 0 aliphatic heterocycles. The van der Waals surface area contributed by atoms with Crippen LogP contribution in [-0.2, 0) is 22.7 Å². The molecule has 118 valence electrons. The summed E-state index contributed by atoms with van der Waals surface area (Å²) in [7, 11) is 0. The Morgan fingerprint density at radius 1 is 1.19 bits per heavy atom. The molecule has 0 aliphatic rings. The van der Waals surface area contributed by atoms with Crippen molar-refractivity contribution in [2.24, 2.45) is 11.3 Å². The van der Waals surface area contributed by atoms with Crippen LogP contribution < -0.4 is 5.32 Å². The lowest BCUT2D eigenvalue weighted by Gasteiger charge is -2.18. The van der Waals surface area contributed by atoms with Gasteiger partial charge in [0, 0.05) is 12.6 Å². The SMILES string of the molecule is CC(C)C(C)NCc1cccc(COC(=O)C(C)(C)C)c1. The molecule has 0 heterocycles. The van der Waals surface area contributed by atoms with Crippen molar-refractivity contribution in [2.45, 2.75) is 60.7 Å². The number of carbonyl (C=O) groups is 1. The number of ether oxygens (including phenoxy) is 1. The second-order valence-corrected chi connectivity index (χ2v) is 7.06. The van der Waals surface area contributed by atoms with Crippen LogP contribution in [-0.4, -0.2) is 12.0 Å². The van der Waals surface area contributed by atoms with Crippen LogP contribution in [0.4, 0.5) is 0 Å². The Bertz CT molecular complexity index is 461. The molecule has 0 aromatic heterocycles. The van der Waals surface area contributed by atoms with Crippen LogP contribution >= 0.6 is 0 Å². The highest BCUT2D eigenvalue weighted by atomic mass is 16.5. The highest BCUT2D eigenvalue weighted by molar-refractivity contribution is 5.75. The van der Waals surface area contributed by atoms with E-state index in [9.17, 15) is 4.79 Å². The van der Waals surface area contributed by atoms with Crippen molar-refractivity contribution in [1.29, 1.82) is 0 Å². The zero-order valence-electron chi connectivity index (χ0n) is 14.2. The van der Waals surface area contributed by atoms with Crippen molar-refractivity contribution >= 4 is 5.97 Å². The maximum atomic E-state index is 11.8. The number of hydrogen-bond donors (Lipinski definition) is 1. The van der Waals surface area contributed by atoms with E-state index in [1.54, 1.807) is 0 Å². The van der Waals surface area contributed by atoms with E-state index < -0.39 is 5.41 Å². The molecular formula is C18H29NO2. The molecule has 0 bridgehead atoms. The lowest BCUT2D eigenvalue weighted by Crippen LogP contribution is -2.30. The molecule has 1 aromatic rings. The highest BCUT2D eigenvalue weighted by Crippen LogP contribution is 2.17. The van der Waals surface area contributed by atoms with Gasteiger partial charge in [-0.25, -0.2) is 0 Å². The van der Waals surface area contributed by atoms with Gasteiger partial charge in [-0.1, -0.05) is 38.1 Å². The maximum absolute atomic E-state index is 11.8. The third-order valence-electron chi connectivity index (χ3n) is 3.60. The van der Waals surface area contributed by atoms with E-state index in [0.29, 0.717) is 18.6 Å². The van der Waals surface area contributed by atoms with Gasteiger partial charge in [0.1, 0.15) is 6.61 Å². The second-order valence-electron chi connectivity index (χ2n) is 7.06. The highest BCUT2D eigenvalue weighted by Gasteiger charge is 2.22. The molecule has 0 fully saturated rings. The summed E-state index contributed by atoms with van der Waals surface area (Å²) in [5.41, 5.74) is 1.79. The standard InChI is InChI=1S/C18H29NO2/c1-13(2)14(3)19-11-15-8-7-9-16(10-15)12-21-17(20)18(4,5)6/h7-10,13-14,19H,11-12H2,1-6H3. The molecule has 0 radical (unpaired) electrons. The molecule has 0 aliphatic carbocycles. The summed E-state index contributed by atoms with van der Waals surface area (Å²) >= 11 is 0. The monoisotopic (exact) mass is 291 g/mol. The smallest absolute Gasteiger partial charge is 0.311 e. The van der Waals surface area contributed by atoms with Crippen LogP contribution in [0.25, 0.3) is 0 Å². The van der Waals surface area contributed by atoms with E-state index in [1.165, 1.54) is 5.56 Å². The lowest BCUT2D eigenvalue weighted by atomic mass is 9.97. The minimum absolute atomic E-state index is 0.167. The van der Waals surface area contributed by atoms with Crippen molar-refractivity contribution in [2.75, 3.05) is 0 Å². The maximum Gasteiger partial charge on any atom is 0.311 e. The molecule has 1 aromatic carbocycles. The number of carbonyl (C=O) groups excluding carboxylic acids is 1. The average Bonchev–Trinajstić information content (AvgIpc) is 2.41. The quantitative estimate of drug-likeness (QED) is 0.808. The summed E-state index contributed by atoms with van der Waals surface area (Å²) in [5.74, 6) is 0.445. The first kappa shape index (κ1) is 17.7. The summed E-state index contributed by atoms with van der Waals surface area (Å²) in [6.07, 6.45) is 0. The Morgan fingerprint density at radius 3 is 2.38 bits per heavy atom. The first-order valence-electron chi connectivity index (χ1n) is 7.68. The van der Waals surface area contributed by atoms with Crippen molar-refractivity contribution in [3.63, 3.8) is 0 Å². The Morgan fingerprint density at radius 2 is 1.81 bits per heavy atom. The third kappa shape index (κ3) is 6.30. The average molecular weight is 291 g/mol. The number of rotatable bonds is 6. The predicted molar refractivity (Wildman–Crippen MR) is 86.8 cm³/mol. The van der Waals surface area contributed by atoms with Gasteiger partial charge in [-0.2, -0.15) is 0 Å². The Labute approximate surface area is 129 Å². The van der Waals surface area contributed by atoms with E-state index >= 15 is 0 Å². The van der Waals surface area contributed by atoms with Crippen LogP contribution in [0.2, 0.25) is 0 Å². The molecule has 1 N–H and O–H groups in total. The van der Waals surface area contributed by atoms with Gasteiger partial charge in [0.25, 0.3) is 0 Å². The van der Waals surface area contributed by atoms with Gasteiger partial charge >= 0.3 is 5.97 Å². The molecule has 21 heavy (non-hydrogen) atoms. The summed E-state index contributed by atoms with van der Waals surface area (Å²) in [5, 5.41) is 3.51. The molecule has 0 spiro atoms. The van der Waals surface area contributed by atoms with Crippen molar-refractivity contribution in [1.82, 2.24) is 5.32 Å². The third-order valence-corrected chi connectivity index (χ3v) is 3.60. The van der Waals surface area contributed by atoms with Gasteiger partial charge in [-0.05, 0) is 44.7 Å². The normalized spacial score (nSPS) is 13.3. The van der Waals surface area contributed by atoms with Gasteiger partial charge in [-0.15, -0.1) is 0 Å². The summed E-state index contributed by atoms with van der Waals surface area (Å²) in [6, 6.07) is 8.67. The van der Waals surface area contributed by atoms with Crippen LogP contribution in [0.1, 0.15) is 52.7 Å². The zero-order chi connectivity index (χ0) is 16.0. The number of nitrogens with one attached hydrogen (secondary N) is 1. The molecule has 3 heteroatoms. The molecule has 0 saturated heterocycles. The van der Waals surface area contributed by atoms with Gasteiger partial charge in [0.15, 0.2) is 0 Å². The molecule has 3 nitrogen and oxygen atoms in total. The fourth-order valence-corrected chi connectivity index (χ4v) is 1.71. The number of benzene rings is 1. The first-order valence-corrected chi connectivity index (χ1v) is 7.68. The predicted octanol–water partition coefficient (Wildman–Crippen LogP) is 3.91. The summed E-state index contributed by atoms with van der Waals surface area (Å²) in [6.45, 7) is 13.4. The van der Waals surface area contributed by atoms with Crippen molar-refractivity contribution in [3.8, 4) is 0 Å². The van der Waals surface area contributed by atoms with E-state index in [-0.39, 0.29) is 5.97 Å². The topological polar surface area (TPSA) is 38.3 Å². The summed E-state index contributed by atoms with van der Waals surface area (Å²) < 4.78 is 5.35. The molecular weight excluding hydrogens is 262 g/mol. The Hall–Kier alpha value is -1.35. The molecule has 0 amide bonds. The fourth-order valence-electron chi connectivity index (χ4n) is 1.71. The van der Waals surface area contributed by atoms with Crippen molar-refractivity contribution < 1.29 is 9.53 Å². The molecule has 1 atom stereocenters. The van der Waals surface area contributed by atoms with E-state index in [0.717, 1.165) is 12.1 Å². The zero-order valence-corrected chi connectivity index (χ0v) is 14.2. The van der Waals surface area contributed by atoms with E-state index in [2.05, 4.69) is 38.2 Å². The van der Waals surface area contributed by atoms with Gasteiger partial charge < -0.3 is 10.1 Å². The van der Waals surface area contributed by atoms with Gasteiger partial charge in [0.2, 0.25) is 0 Å². The minimum atomic E-state index is -0.453. The second kappa shape index (κ2) is 7.60. The van der Waals surface area contributed by atoms with Crippen LogP contribution in [0, 0.1) is 11.3 Å². The number of esters is 1. The Balaban J connectivity index is 2.55. The lowest BCUT2D eigenvalue weighted by molar-refractivity contribution is -0.154. The van der Waals surface area contributed by atoms with Crippen LogP contribution in [0.5, 0.6) is 0 Å². The van der Waals surface area contributed by atoms with Crippen LogP contribution in [0.15, 0.2) is 24.3 Å². The Kier molecular flexibility index (Phi) is 6.41. The molecule has 1 unspecified atom stereocenters. The largest absolute Gasteiger partial charge is 0.460 e. The molecule has 0 saturated carbocycles. The summed E-state index contributed by atoms with van der Waals surface area (Å²) in [4.78, 5) is 11.8. The molecule has 1 rings (SSSR count). The number of hydrogen-bond acceptors (Lipinski definition) is 3. The van der Waals surface area contributed by atoms with Crippen LogP contribution in [0.3, 0.4) is 0 Å². The first-order chi connectivity index (χ1) is 9.70. The fraction of sp³-hybridized carbons (Fsp3) is 0.611. The van der Waals surface area contributed by atoms with Crippen molar-refractivity contribution in [3.05, 3.63) is 35.4 Å². The van der Waals surface area contributed by atoms with E-state index in [4.69, 9.17) is 4.74 Å². The van der Waals surface area contributed by atoms with Gasteiger partial charge in [-0.3, -0.25) is 4.79 Å². The van der Waals surface area contributed by atoms with Gasteiger partial charge in [0.05, 0.1) is 5.41 Å².